The van der Waals surface area contributed by atoms with Gasteiger partial charge in [-0.3, -0.25) is 0 Å². The Hall–Kier alpha value is -0.740. The van der Waals surface area contributed by atoms with Gasteiger partial charge in [0.05, 0.1) is 5.97 Å². The smallest absolute Gasteiger partial charge is 0.549 e. The van der Waals surface area contributed by atoms with Crippen molar-refractivity contribution >= 4 is 17.7 Å². The van der Waals surface area contributed by atoms with Crippen molar-refractivity contribution in [2.24, 2.45) is 0 Å². The number of thioether (sulfide) groups is 1. The fraction of sp³-hybridized carbons (Fsp3) is 0.278. The molecule has 4 heteroatoms. The summed E-state index contributed by atoms with van der Waals surface area (Å²) in [6, 6.07) is 20.1. The summed E-state index contributed by atoms with van der Waals surface area (Å²) >= 11 is 1.46. The maximum Gasteiger partial charge on any atom is 1.00 e. The predicted molar refractivity (Wildman–Crippen MR) is 85.9 cm³/mol. The Morgan fingerprint density at radius 1 is 0.955 bits per heavy atom. The summed E-state index contributed by atoms with van der Waals surface area (Å²) in [5, 5.41) is 10.8. The molecule has 22 heavy (non-hydrogen) atoms. The van der Waals surface area contributed by atoms with Crippen molar-refractivity contribution < 1.29 is 39.5 Å². The Kier molecular flexibility index (Phi) is 9.56. The van der Waals surface area contributed by atoms with Gasteiger partial charge in [0.25, 0.3) is 0 Å². The van der Waals surface area contributed by atoms with Gasteiger partial charge in [-0.25, -0.2) is 0 Å². The zero-order valence-corrected chi connectivity index (χ0v) is 15.7. The summed E-state index contributed by atoms with van der Waals surface area (Å²) in [6.07, 6.45) is 2.43. The van der Waals surface area contributed by atoms with Gasteiger partial charge in [-0.2, -0.15) is 0 Å². The van der Waals surface area contributed by atoms with Crippen LogP contribution in [-0.4, -0.2) is 11.2 Å². The molecule has 0 fully saturated rings. The first-order chi connectivity index (χ1) is 10.3. The second-order valence-corrected chi connectivity index (χ2v) is 6.17. The maximum atomic E-state index is 11.2. The van der Waals surface area contributed by atoms with Crippen LogP contribution < -0.4 is 34.7 Å². The quantitative estimate of drug-likeness (QED) is 0.646. The van der Waals surface area contributed by atoms with Crippen LogP contribution in [0, 0.1) is 0 Å². The molecule has 0 aliphatic carbocycles. The molecular weight excluding hydrogens is 303 g/mol. The van der Waals surface area contributed by atoms with E-state index in [-0.39, 0.29) is 29.6 Å². The van der Waals surface area contributed by atoms with E-state index in [1.165, 1.54) is 17.3 Å². The molecule has 1 unspecified atom stereocenters. The van der Waals surface area contributed by atoms with Gasteiger partial charge in [-0.15, -0.1) is 11.8 Å². The molecule has 1 atom stereocenters. The number of carbonyl (C=O) groups excluding carboxylic acids is 1. The van der Waals surface area contributed by atoms with Crippen LogP contribution in [0.15, 0.2) is 60.7 Å². The van der Waals surface area contributed by atoms with E-state index in [9.17, 15) is 9.90 Å². The topological polar surface area (TPSA) is 40.1 Å². The molecule has 0 spiro atoms. The van der Waals surface area contributed by atoms with Crippen LogP contribution in [0.3, 0.4) is 0 Å². The first-order valence-corrected chi connectivity index (χ1v) is 8.21. The number of carbonyl (C=O) groups is 1. The molecule has 0 N–H and O–H groups in total. The van der Waals surface area contributed by atoms with E-state index in [1.807, 2.05) is 48.5 Å². The van der Waals surface area contributed by atoms with E-state index in [0.717, 1.165) is 18.4 Å². The van der Waals surface area contributed by atoms with Gasteiger partial charge in [0.15, 0.2) is 0 Å². The van der Waals surface area contributed by atoms with Gasteiger partial charge >= 0.3 is 29.6 Å². The molecule has 2 aromatic carbocycles. The second kappa shape index (κ2) is 10.9. The molecule has 0 heterocycles. The van der Waals surface area contributed by atoms with Gasteiger partial charge in [0.1, 0.15) is 0 Å². The molecule has 0 saturated carbocycles. The van der Waals surface area contributed by atoms with Crippen molar-refractivity contribution in [1.29, 1.82) is 0 Å². The Morgan fingerprint density at radius 3 is 2.05 bits per heavy atom. The van der Waals surface area contributed by atoms with Gasteiger partial charge in [0, 0.05) is 11.0 Å². The minimum atomic E-state index is -0.955. The molecule has 0 aromatic heterocycles. The van der Waals surface area contributed by atoms with E-state index in [0.29, 0.717) is 12.2 Å². The monoisotopic (exact) mass is 322 g/mol. The van der Waals surface area contributed by atoms with Crippen molar-refractivity contribution in [3.8, 4) is 0 Å². The van der Waals surface area contributed by atoms with Crippen LogP contribution in [0.2, 0.25) is 0 Å². The maximum absolute atomic E-state index is 11.2. The molecule has 0 radical (unpaired) electrons. The third-order valence-electron chi connectivity index (χ3n) is 3.33. The molecule has 2 nitrogen and oxygen atoms in total. The Balaban J connectivity index is 0.00000242. The summed E-state index contributed by atoms with van der Waals surface area (Å²) < 4.78 is 0. The molecule has 0 aliphatic rings. The molecule has 0 bridgehead atoms. The summed E-state index contributed by atoms with van der Waals surface area (Å²) in [6.45, 7) is 0. The van der Waals surface area contributed by atoms with Crippen molar-refractivity contribution in [3.05, 3.63) is 71.8 Å². The average molecular weight is 322 g/mol. The first kappa shape index (κ1) is 19.3. The standard InChI is InChI=1S/C18H20O2S.Na/c19-18(20)17(21-14-16-10-5-2-6-11-16)13-7-12-15-8-3-1-4-9-15;/h1-6,8-11,17H,7,12-14H2,(H,19,20);/q;+1/p-1. The van der Waals surface area contributed by atoms with E-state index >= 15 is 0 Å². The normalized spacial score (nSPS) is 11.5. The minimum Gasteiger partial charge on any atom is -0.549 e. The number of benzene rings is 2. The fourth-order valence-electron chi connectivity index (χ4n) is 2.18. The number of aryl methyl sites for hydroxylation is 1. The zero-order valence-electron chi connectivity index (χ0n) is 12.9. The summed E-state index contributed by atoms with van der Waals surface area (Å²) in [5.74, 6) is -0.242. The van der Waals surface area contributed by atoms with Gasteiger partial charge < -0.3 is 9.90 Å². The van der Waals surface area contributed by atoms with E-state index < -0.39 is 11.2 Å². The minimum absolute atomic E-state index is 0. The number of carboxylic acids is 1. The van der Waals surface area contributed by atoms with E-state index in [4.69, 9.17) is 0 Å². The number of hydrogen-bond acceptors (Lipinski definition) is 3. The van der Waals surface area contributed by atoms with Gasteiger partial charge in [-0.05, 0) is 30.4 Å². The molecule has 2 rings (SSSR count). The zero-order chi connectivity index (χ0) is 14.9. The molecule has 0 amide bonds. The Labute approximate surface area is 158 Å². The third kappa shape index (κ3) is 7.01. The van der Waals surface area contributed by atoms with Gasteiger partial charge in [-0.1, -0.05) is 60.7 Å². The van der Waals surface area contributed by atoms with Crippen molar-refractivity contribution in [1.82, 2.24) is 0 Å². The van der Waals surface area contributed by atoms with Crippen LogP contribution >= 0.6 is 11.8 Å². The van der Waals surface area contributed by atoms with Crippen LogP contribution in [-0.2, 0) is 17.0 Å². The van der Waals surface area contributed by atoms with Crippen molar-refractivity contribution in [2.45, 2.75) is 30.3 Å². The molecule has 0 aliphatic heterocycles. The SMILES string of the molecule is O=C([O-])C(CCCc1ccccc1)SCc1ccccc1.[Na+]. The first-order valence-electron chi connectivity index (χ1n) is 7.16. The average Bonchev–Trinajstić information content (AvgIpc) is 2.52. The van der Waals surface area contributed by atoms with Crippen LogP contribution in [0.4, 0.5) is 0 Å². The number of carboxylic acid groups (broad SMARTS) is 1. The summed E-state index contributed by atoms with van der Waals surface area (Å²) in [7, 11) is 0. The van der Waals surface area contributed by atoms with E-state index in [2.05, 4.69) is 12.1 Å². The second-order valence-electron chi connectivity index (χ2n) is 4.98. The number of aliphatic carboxylic acids is 1. The Bertz CT molecular complexity index is 546. The van der Waals surface area contributed by atoms with Crippen LogP contribution in [0.25, 0.3) is 0 Å². The summed E-state index contributed by atoms with van der Waals surface area (Å²) in [5.41, 5.74) is 2.40. The van der Waals surface area contributed by atoms with Crippen LogP contribution in [0.5, 0.6) is 0 Å². The largest absolute Gasteiger partial charge is 1.00 e. The van der Waals surface area contributed by atoms with Crippen molar-refractivity contribution in [2.75, 3.05) is 0 Å². The Morgan fingerprint density at radius 2 is 1.50 bits per heavy atom. The fourth-order valence-corrected chi connectivity index (χ4v) is 3.23. The number of hydrogen-bond donors (Lipinski definition) is 0. The van der Waals surface area contributed by atoms with Crippen LogP contribution in [0.1, 0.15) is 24.0 Å². The van der Waals surface area contributed by atoms with E-state index in [1.54, 1.807) is 0 Å². The number of rotatable bonds is 8. The van der Waals surface area contributed by atoms with Gasteiger partial charge in [0.2, 0.25) is 0 Å². The molecule has 110 valence electrons. The summed E-state index contributed by atoms with van der Waals surface area (Å²) in [4.78, 5) is 11.2. The molecule has 2 aromatic rings. The molecular formula is C18H19NaO2S. The molecule has 0 saturated heterocycles. The van der Waals surface area contributed by atoms with Crippen molar-refractivity contribution in [3.63, 3.8) is 0 Å². The predicted octanol–water partition coefficient (Wildman–Crippen LogP) is 0.0652. The third-order valence-corrected chi connectivity index (χ3v) is 4.66.